The zero-order valence-electron chi connectivity index (χ0n) is 10.8. The fraction of sp³-hybridized carbons (Fsp3) is 1.00. The Labute approximate surface area is 100 Å². The Morgan fingerprint density at radius 3 is 1.67 bits per heavy atom. The van der Waals surface area contributed by atoms with Crippen molar-refractivity contribution in [2.45, 2.75) is 18.3 Å². The van der Waals surface area contributed by atoms with Gasteiger partial charge in [0.15, 0.2) is 0 Å². The lowest BCUT2D eigenvalue weighted by molar-refractivity contribution is 0.00617. The van der Waals surface area contributed by atoms with Gasteiger partial charge in [-0.1, -0.05) is 0 Å². The van der Waals surface area contributed by atoms with E-state index in [2.05, 4.69) is 74.4 Å². The average Bonchev–Trinajstić information content (AvgIpc) is 2.11. The minimum absolute atomic E-state index is 0.120. The van der Waals surface area contributed by atoms with Crippen molar-refractivity contribution >= 4 is 20.2 Å². The van der Waals surface area contributed by atoms with Crippen LogP contribution in [0.4, 0.5) is 0 Å². The summed E-state index contributed by atoms with van der Waals surface area (Å²) in [5.74, 6) is 0. The second-order valence-corrected chi connectivity index (χ2v) is 6.12. The highest BCUT2D eigenvalue weighted by molar-refractivity contribution is 6.38. The van der Waals surface area contributed by atoms with E-state index in [1.54, 1.807) is 0 Å². The number of hydrogen-bond donors (Lipinski definition) is 0. The maximum Gasteiger partial charge on any atom is 0.258 e. The molecule has 5 radical (unpaired) electrons. The molecule has 0 aliphatic carbocycles. The fourth-order valence-corrected chi connectivity index (χ4v) is 3.25. The number of likely N-dealkylation sites (N-methyl/N-ethyl adjacent to an activating group) is 3. The van der Waals surface area contributed by atoms with Crippen molar-refractivity contribution in [2.75, 3.05) is 42.3 Å². The van der Waals surface area contributed by atoms with Gasteiger partial charge in [0.2, 0.25) is 10.5 Å². The van der Waals surface area contributed by atoms with Crippen LogP contribution in [0.3, 0.4) is 0 Å². The van der Waals surface area contributed by atoms with E-state index in [0.717, 1.165) is 0 Å². The summed E-state index contributed by atoms with van der Waals surface area (Å²) in [6, 6.07) is 0.359. The third-order valence-electron chi connectivity index (χ3n) is 2.92. The first-order valence-corrected chi connectivity index (χ1v) is 6.23. The molecule has 15 heavy (non-hydrogen) atoms. The Balaban J connectivity index is 5.11. The van der Waals surface area contributed by atoms with Gasteiger partial charge in [-0.05, 0) is 49.2 Å². The average molecular weight is 244 g/mol. The quantitative estimate of drug-likeness (QED) is 0.460. The summed E-state index contributed by atoms with van der Waals surface area (Å²) >= 11 is 0. The molecule has 6 heteroatoms. The van der Waals surface area contributed by atoms with E-state index in [-0.39, 0.29) is 5.29 Å². The number of hydrogen-bond acceptors (Lipinski definition) is 4. The molecule has 1 atom stereocenters. The number of rotatable bonds is 6. The van der Waals surface area contributed by atoms with Crippen LogP contribution in [0, 0.1) is 0 Å². The Morgan fingerprint density at radius 1 is 1.07 bits per heavy atom. The van der Waals surface area contributed by atoms with Gasteiger partial charge in [0.1, 0.15) is 5.29 Å². The second-order valence-electron chi connectivity index (χ2n) is 4.36. The zero-order chi connectivity index (χ0) is 12.2. The third-order valence-corrected chi connectivity index (χ3v) is 4.94. The summed E-state index contributed by atoms with van der Waals surface area (Å²) in [4.78, 5) is 6.62. The van der Waals surface area contributed by atoms with Crippen LogP contribution in [-0.4, -0.2) is 88.6 Å². The molecular formula is C9H22N3OSi2. The minimum Gasteiger partial charge on any atom is -0.456 e. The second kappa shape index (κ2) is 6.12. The van der Waals surface area contributed by atoms with Crippen LogP contribution in [0.25, 0.3) is 0 Å². The van der Waals surface area contributed by atoms with Crippen molar-refractivity contribution < 1.29 is 4.12 Å². The van der Waals surface area contributed by atoms with Gasteiger partial charge in [0.05, 0.1) is 0 Å². The molecule has 4 nitrogen and oxygen atoms in total. The molecule has 0 aromatic heterocycles. The highest BCUT2D eigenvalue weighted by Gasteiger charge is 2.43. The van der Waals surface area contributed by atoms with E-state index >= 15 is 0 Å². The maximum absolute atomic E-state index is 5.22. The van der Waals surface area contributed by atoms with Crippen molar-refractivity contribution in [3.63, 3.8) is 0 Å². The van der Waals surface area contributed by atoms with Crippen molar-refractivity contribution in [1.82, 2.24) is 14.7 Å². The van der Waals surface area contributed by atoms with Gasteiger partial charge >= 0.3 is 0 Å². The first kappa shape index (κ1) is 15.3. The Morgan fingerprint density at radius 2 is 1.47 bits per heavy atom. The summed E-state index contributed by atoms with van der Waals surface area (Å²) in [7, 11) is 16.0. The molecule has 0 fully saturated rings. The van der Waals surface area contributed by atoms with E-state index in [9.17, 15) is 0 Å². The van der Waals surface area contributed by atoms with Crippen molar-refractivity contribution in [3.8, 4) is 0 Å². The Kier molecular flexibility index (Phi) is 6.23. The first-order chi connectivity index (χ1) is 6.80. The van der Waals surface area contributed by atoms with Crippen molar-refractivity contribution in [1.29, 1.82) is 0 Å². The SMILES string of the molecule is CC(N(C)C)C([Si]O[Si])(N(C)C)N(C)C. The lowest BCUT2D eigenvalue weighted by Gasteiger charge is -2.50. The standard InChI is InChI=1S/C9H22N3OSi2/c1-8(10(2)3)9(11(4)5,12(6)7)15-13-14/h8H,1-7H3. The van der Waals surface area contributed by atoms with Crippen LogP contribution >= 0.6 is 0 Å². The molecule has 0 aromatic rings. The molecule has 87 valence electrons. The fourth-order valence-electron chi connectivity index (χ4n) is 1.85. The van der Waals surface area contributed by atoms with Gasteiger partial charge in [-0.25, -0.2) is 0 Å². The first-order valence-electron chi connectivity index (χ1n) is 4.91. The van der Waals surface area contributed by atoms with Crippen LogP contribution < -0.4 is 0 Å². The highest BCUT2D eigenvalue weighted by Crippen LogP contribution is 2.21. The van der Waals surface area contributed by atoms with Gasteiger partial charge in [-0.3, -0.25) is 9.80 Å². The van der Waals surface area contributed by atoms with Crippen LogP contribution in [0.1, 0.15) is 6.92 Å². The molecule has 0 saturated heterocycles. The van der Waals surface area contributed by atoms with E-state index in [1.807, 2.05) is 0 Å². The van der Waals surface area contributed by atoms with Gasteiger partial charge in [-0.2, -0.15) is 0 Å². The molecule has 0 rings (SSSR count). The molecule has 0 saturated carbocycles. The molecule has 0 N–H and O–H groups in total. The predicted octanol–water partition coefficient (Wildman–Crippen LogP) is -0.567. The molecule has 0 amide bonds. The van der Waals surface area contributed by atoms with E-state index in [1.165, 1.54) is 0 Å². The summed E-state index contributed by atoms with van der Waals surface area (Å²) in [5.41, 5.74) is 0. The molecule has 0 aliphatic heterocycles. The largest absolute Gasteiger partial charge is 0.456 e. The van der Waals surface area contributed by atoms with E-state index in [4.69, 9.17) is 4.12 Å². The van der Waals surface area contributed by atoms with E-state index < -0.39 is 0 Å². The van der Waals surface area contributed by atoms with Crippen molar-refractivity contribution in [3.05, 3.63) is 0 Å². The molecule has 0 aromatic carbocycles. The van der Waals surface area contributed by atoms with E-state index in [0.29, 0.717) is 15.8 Å². The topological polar surface area (TPSA) is 19.0 Å². The molecule has 0 spiro atoms. The van der Waals surface area contributed by atoms with Crippen LogP contribution in [-0.2, 0) is 4.12 Å². The van der Waals surface area contributed by atoms with Gasteiger partial charge in [0.25, 0.3) is 9.76 Å². The maximum atomic E-state index is 5.22. The van der Waals surface area contributed by atoms with Crippen LogP contribution in [0.5, 0.6) is 0 Å². The van der Waals surface area contributed by atoms with Crippen LogP contribution in [0.2, 0.25) is 0 Å². The molecule has 0 heterocycles. The normalized spacial score (nSPS) is 15.4. The third kappa shape index (κ3) is 3.11. The summed E-state index contributed by atoms with van der Waals surface area (Å²) in [5, 5.41) is -0.120. The van der Waals surface area contributed by atoms with Gasteiger partial charge in [0, 0.05) is 6.04 Å². The summed E-state index contributed by atoms with van der Waals surface area (Å²) < 4.78 is 5.22. The van der Waals surface area contributed by atoms with Crippen molar-refractivity contribution in [2.24, 2.45) is 0 Å². The predicted molar refractivity (Wildman–Crippen MR) is 65.8 cm³/mol. The highest BCUT2D eigenvalue weighted by atomic mass is 28.3. The monoisotopic (exact) mass is 244 g/mol. The summed E-state index contributed by atoms with van der Waals surface area (Å²) in [6.07, 6.45) is 0. The molecule has 0 aliphatic rings. The Hall–Kier alpha value is 0.274. The minimum atomic E-state index is -0.120. The van der Waals surface area contributed by atoms with Gasteiger partial charge in [-0.15, -0.1) is 0 Å². The molecule has 1 unspecified atom stereocenters. The smallest absolute Gasteiger partial charge is 0.258 e. The zero-order valence-corrected chi connectivity index (χ0v) is 12.8. The van der Waals surface area contributed by atoms with Gasteiger partial charge < -0.3 is 9.02 Å². The lowest BCUT2D eigenvalue weighted by Crippen LogP contribution is -2.69. The lowest BCUT2D eigenvalue weighted by atomic mass is 10.2. The number of nitrogens with zero attached hydrogens (tertiary/aromatic N) is 3. The van der Waals surface area contributed by atoms with Crippen LogP contribution in [0.15, 0.2) is 0 Å². The molecular weight excluding hydrogens is 222 g/mol. The summed E-state index contributed by atoms with van der Waals surface area (Å²) in [6.45, 7) is 2.21. The Bertz CT molecular complexity index is 180. The molecule has 0 bridgehead atoms.